The number of carbonyl (C=O) groups excluding carboxylic acids is 1. The lowest BCUT2D eigenvalue weighted by Crippen LogP contribution is -2.43. The summed E-state index contributed by atoms with van der Waals surface area (Å²) in [5, 5.41) is 10.7. The van der Waals surface area contributed by atoms with E-state index >= 15 is 0 Å². The van der Waals surface area contributed by atoms with Crippen molar-refractivity contribution in [2.45, 2.75) is 25.4 Å². The molecule has 0 saturated heterocycles. The maximum Gasteiger partial charge on any atom is 0.573 e. The first-order chi connectivity index (χ1) is 12.9. The monoisotopic (exact) mass is 528 g/mol. The number of rotatable bonds is 7. The van der Waals surface area contributed by atoms with Gasteiger partial charge in [0.05, 0.1) is 14.9 Å². The van der Waals surface area contributed by atoms with Crippen LogP contribution in [0.15, 0.2) is 39.3 Å². The van der Waals surface area contributed by atoms with Crippen molar-refractivity contribution in [3.05, 3.63) is 56.2 Å². The molecule has 0 fully saturated rings. The van der Waals surface area contributed by atoms with Crippen molar-refractivity contribution in [2.75, 3.05) is 0 Å². The smallest absolute Gasteiger partial charge is 0.548 e. The third kappa shape index (κ3) is 6.64. The van der Waals surface area contributed by atoms with Crippen molar-refractivity contribution in [1.82, 2.24) is 0 Å². The molecule has 0 aliphatic carbocycles. The van der Waals surface area contributed by atoms with E-state index in [1.54, 1.807) is 12.1 Å². The molecule has 2 N–H and O–H groups in total. The number of carbonyl (C=O) groups is 1. The van der Waals surface area contributed by atoms with Gasteiger partial charge in [0.1, 0.15) is 23.9 Å². The summed E-state index contributed by atoms with van der Waals surface area (Å²) < 4.78 is 60.6. The first-order valence-corrected chi connectivity index (χ1v) is 9.15. The highest BCUT2D eigenvalue weighted by Crippen LogP contribution is 2.36. The molecule has 0 amide bonds. The number of nitrogens with two attached hydrogens (primary N) is 1. The van der Waals surface area contributed by atoms with Crippen molar-refractivity contribution in [3.8, 4) is 11.5 Å². The number of halogens is 6. The number of alkyl halides is 3. The van der Waals surface area contributed by atoms with Crippen LogP contribution in [0.1, 0.15) is 11.1 Å². The Balaban J connectivity index is 2.15. The summed E-state index contributed by atoms with van der Waals surface area (Å²) in [5.74, 6) is -2.72. The first-order valence-electron chi connectivity index (χ1n) is 7.57. The largest absolute Gasteiger partial charge is 0.573 e. The number of carboxylic acids is 1. The molecule has 0 aliphatic rings. The van der Waals surface area contributed by atoms with Gasteiger partial charge in [-0.15, -0.1) is 13.2 Å². The van der Waals surface area contributed by atoms with E-state index in [1.165, 1.54) is 0 Å². The average Bonchev–Trinajstić information content (AvgIpc) is 2.51. The lowest BCUT2D eigenvalue weighted by atomic mass is 10.1. The summed E-state index contributed by atoms with van der Waals surface area (Å²) in [6.07, 6.45) is -4.93. The van der Waals surface area contributed by atoms with Crippen molar-refractivity contribution >= 4 is 37.8 Å². The molecule has 0 heterocycles. The van der Waals surface area contributed by atoms with Gasteiger partial charge in [0.25, 0.3) is 0 Å². The van der Waals surface area contributed by atoms with E-state index in [-0.39, 0.29) is 24.3 Å². The Labute approximate surface area is 173 Å². The van der Waals surface area contributed by atoms with Crippen LogP contribution < -0.4 is 20.3 Å². The Kier molecular flexibility index (Phi) is 7.29. The number of ether oxygens (including phenoxy) is 2. The lowest BCUT2D eigenvalue weighted by Gasteiger charge is -2.16. The SMILES string of the molecule is NC(Cc1cc(Br)c(OCc2cc(F)cc(OC(F)(F)F)c2)c(Br)c1)C(=O)[O-]. The fourth-order valence-corrected chi connectivity index (χ4v) is 3.77. The standard InChI is InChI=1S/C17H13Br2F4NO4/c18-12-3-8(5-14(24)16(25)26)4-13(19)15(12)27-7-9-1-10(20)6-11(2-9)28-17(21,22)23/h1-4,6,14H,5,7,24H2,(H,25,26)/p-1. The first kappa shape index (κ1) is 22.4. The summed E-state index contributed by atoms with van der Waals surface area (Å²) in [6.45, 7) is -0.249. The molecule has 1 unspecified atom stereocenters. The highest BCUT2D eigenvalue weighted by atomic mass is 79.9. The Bertz CT molecular complexity index is 854. The van der Waals surface area contributed by atoms with Crippen LogP contribution in [0.3, 0.4) is 0 Å². The molecular formula is C17H12Br2F4NO4-. The van der Waals surface area contributed by atoms with E-state index in [9.17, 15) is 27.5 Å². The summed E-state index contributed by atoms with van der Waals surface area (Å²) in [4.78, 5) is 10.7. The normalized spacial score (nSPS) is 12.5. The van der Waals surface area contributed by atoms with Crippen LogP contribution in [0.5, 0.6) is 11.5 Å². The van der Waals surface area contributed by atoms with Crippen LogP contribution in [0.25, 0.3) is 0 Å². The van der Waals surface area contributed by atoms with Crippen LogP contribution in [0.4, 0.5) is 17.6 Å². The van der Waals surface area contributed by atoms with Crippen molar-refractivity contribution in [2.24, 2.45) is 5.73 Å². The molecule has 28 heavy (non-hydrogen) atoms. The number of benzene rings is 2. The molecule has 11 heteroatoms. The quantitative estimate of drug-likeness (QED) is 0.555. The van der Waals surface area contributed by atoms with Crippen molar-refractivity contribution in [1.29, 1.82) is 0 Å². The second-order valence-electron chi connectivity index (χ2n) is 5.65. The Hall–Kier alpha value is -1.85. The minimum Gasteiger partial charge on any atom is -0.548 e. The molecule has 2 aromatic rings. The molecule has 1 atom stereocenters. The van der Waals surface area contributed by atoms with E-state index in [1.807, 2.05) is 0 Å². The van der Waals surface area contributed by atoms with Crippen LogP contribution >= 0.6 is 31.9 Å². The number of hydrogen-bond donors (Lipinski definition) is 1. The van der Waals surface area contributed by atoms with Crippen LogP contribution in [-0.2, 0) is 17.8 Å². The predicted molar refractivity (Wildman–Crippen MR) is 95.9 cm³/mol. The number of aliphatic carboxylic acids is 1. The molecule has 152 valence electrons. The predicted octanol–water partition coefficient (Wildman–Crippen LogP) is 3.45. The minimum absolute atomic E-state index is 0.0157. The maximum atomic E-state index is 13.5. The molecule has 2 aromatic carbocycles. The molecular weight excluding hydrogens is 518 g/mol. The summed E-state index contributed by atoms with van der Waals surface area (Å²) in [7, 11) is 0. The van der Waals surface area contributed by atoms with Gasteiger partial charge in [-0.3, -0.25) is 0 Å². The van der Waals surface area contributed by atoms with Gasteiger partial charge in [0.15, 0.2) is 0 Å². The van der Waals surface area contributed by atoms with E-state index in [0.717, 1.165) is 12.1 Å². The van der Waals surface area contributed by atoms with Crippen molar-refractivity contribution in [3.63, 3.8) is 0 Å². The Morgan fingerprint density at radius 3 is 2.25 bits per heavy atom. The fourth-order valence-electron chi connectivity index (χ4n) is 2.26. The third-order valence-corrected chi connectivity index (χ3v) is 4.54. The highest BCUT2D eigenvalue weighted by Gasteiger charge is 2.31. The van der Waals surface area contributed by atoms with Gasteiger partial charge >= 0.3 is 6.36 Å². The van der Waals surface area contributed by atoms with Gasteiger partial charge in [0, 0.05) is 12.1 Å². The highest BCUT2D eigenvalue weighted by molar-refractivity contribution is 9.11. The van der Waals surface area contributed by atoms with Crippen LogP contribution in [0.2, 0.25) is 0 Å². The van der Waals surface area contributed by atoms with Gasteiger partial charge in [-0.1, -0.05) is 0 Å². The van der Waals surface area contributed by atoms with Gasteiger partial charge in [0.2, 0.25) is 0 Å². The van der Waals surface area contributed by atoms with E-state index in [4.69, 9.17) is 10.5 Å². The molecule has 2 rings (SSSR count). The van der Waals surface area contributed by atoms with E-state index < -0.39 is 29.9 Å². The molecule has 0 spiro atoms. The van der Waals surface area contributed by atoms with Crippen molar-refractivity contribution < 1.29 is 36.9 Å². The molecule has 0 radical (unpaired) electrons. The van der Waals surface area contributed by atoms with Gasteiger partial charge < -0.3 is 25.1 Å². The van der Waals surface area contributed by atoms with Crippen LogP contribution in [0, 0.1) is 5.82 Å². The Morgan fingerprint density at radius 2 is 1.71 bits per heavy atom. The Morgan fingerprint density at radius 1 is 1.11 bits per heavy atom. The maximum absolute atomic E-state index is 13.5. The van der Waals surface area contributed by atoms with E-state index in [0.29, 0.717) is 20.6 Å². The molecule has 0 bridgehead atoms. The topological polar surface area (TPSA) is 84.6 Å². The van der Waals surface area contributed by atoms with Crippen LogP contribution in [-0.4, -0.2) is 18.4 Å². The zero-order valence-corrected chi connectivity index (χ0v) is 17.0. The number of hydrogen-bond acceptors (Lipinski definition) is 5. The fraction of sp³-hybridized carbons (Fsp3) is 0.235. The molecule has 0 aliphatic heterocycles. The third-order valence-electron chi connectivity index (χ3n) is 3.36. The van der Waals surface area contributed by atoms with Gasteiger partial charge in [-0.2, -0.15) is 0 Å². The average molecular weight is 530 g/mol. The zero-order valence-electron chi connectivity index (χ0n) is 13.9. The van der Waals surface area contributed by atoms with Gasteiger partial charge in [-0.25, -0.2) is 4.39 Å². The molecule has 5 nitrogen and oxygen atoms in total. The van der Waals surface area contributed by atoms with Gasteiger partial charge in [-0.05, 0) is 73.7 Å². The number of carboxylic acid groups (broad SMARTS) is 1. The molecule has 0 saturated carbocycles. The summed E-state index contributed by atoms with van der Waals surface area (Å²) in [5.41, 5.74) is 6.13. The van der Waals surface area contributed by atoms with E-state index in [2.05, 4.69) is 36.6 Å². The summed E-state index contributed by atoms with van der Waals surface area (Å²) >= 11 is 6.52. The lowest BCUT2D eigenvalue weighted by molar-refractivity contribution is -0.307. The minimum atomic E-state index is -4.94. The zero-order chi connectivity index (χ0) is 21.1. The molecule has 0 aromatic heterocycles. The summed E-state index contributed by atoms with van der Waals surface area (Å²) in [6, 6.07) is 4.59. The second kappa shape index (κ2) is 9.10. The second-order valence-corrected chi connectivity index (χ2v) is 7.36.